The largest absolute Gasteiger partial charge is 0.460 e. The van der Waals surface area contributed by atoms with Crippen LogP contribution < -0.4 is 0 Å². The zero-order valence-corrected chi connectivity index (χ0v) is 12.1. The molecule has 1 heterocycles. The molecule has 0 amide bonds. The number of ether oxygens (including phenoxy) is 1. The van der Waals surface area contributed by atoms with Crippen LogP contribution in [0, 0.1) is 0 Å². The number of aliphatic imine (C=N–C) groups is 1. The maximum absolute atomic E-state index is 11.4. The van der Waals surface area contributed by atoms with E-state index in [0.29, 0.717) is 18.9 Å². The van der Waals surface area contributed by atoms with Crippen LogP contribution in [0.3, 0.4) is 0 Å². The third-order valence-electron chi connectivity index (χ3n) is 2.31. The zero-order chi connectivity index (χ0) is 14.4. The molecule has 0 saturated carbocycles. The number of esters is 1. The third kappa shape index (κ3) is 4.31. The van der Waals surface area contributed by atoms with E-state index < -0.39 is 5.97 Å². The van der Waals surface area contributed by atoms with E-state index >= 15 is 0 Å². The molecule has 0 unspecified atom stereocenters. The van der Waals surface area contributed by atoms with E-state index in [1.807, 2.05) is 38.0 Å². The number of furan rings is 1. The van der Waals surface area contributed by atoms with Crippen LogP contribution in [0.5, 0.6) is 0 Å². The average Bonchev–Trinajstić information content (AvgIpc) is 2.77. The van der Waals surface area contributed by atoms with Gasteiger partial charge in [-0.2, -0.15) is 0 Å². The second-order valence-electron chi connectivity index (χ2n) is 4.39. The molecule has 0 atom stereocenters. The average molecular weight is 267 g/mol. The molecule has 1 rings (SSSR count). The topological polar surface area (TPSA) is 58.3 Å². The Labute approximate surface area is 113 Å². The Kier molecular flexibility index (Phi) is 5.41. The summed E-state index contributed by atoms with van der Waals surface area (Å²) in [6, 6.07) is 3.34. The van der Waals surface area contributed by atoms with Gasteiger partial charge in [-0.3, -0.25) is 0 Å². The van der Waals surface area contributed by atoms with E-state index in [-0.39, 0.29) is 5.76 Å². The number of guanidine groups is 1. The van der Waals surface area contributed by atoms with Gasteiger partial charge in [0.25, 0.3) is 0 Å². The fraction of sp³-hybridized carbons (Fsp3) is 0.538. The monoisotopic (exact) mass is 267 g/mol. The van der Waals surface area contributed by atoms with Crippen molar-refractivity contribution in [1.29, 1.82) is 0 Å². The van der Waals surface area contributed by atoms with Crippen molar-refractivity contribution in [3.63, 3.8) is 0 Å². The highest BCUT2D eigenvalue weighted by molar-refractivity contribution is 5.86. The lowest BCUT2D eigenvalue weighted by molar-refractivity contribution is 0.0488. The van der Waals surface area contributed by atoms with Gasteiger partial charge in [-0.1, -0.05) is 0 Å². The van der Waals surface area contributed by atoms with E-state index in [1.54, 1.807) is 19.1 Å². The lowest BCUT2D eigenvalue weighted by atomic mass is 10.4. The molecule has 0 aliphatic heterocycles. The minimum Gasteiger partial charge on any atom is -0.460 e. The summed E-state index contributed by atoms with van der Waals surface area (Å²) < 4.78 is 10.2. The van der Waals surface area contributed by atoms with Crippen molar-refractivity contribution in [2.24, 2.45) is 4.99 Å². The molecule has 0 radical (unpaired) electrons. The fourth-order valence-electron chi connectivity index (χ4n) is 1.61. The van der Waals surface area contributed by atoms with E-state index in [9.17, 15) is 4.79 Å². The smallest absolute Gasteiger partial charge is 0.374 e. The van der Waals surface area contributed by atoms with E-state index in [1.165, 1.54) is 0 Å². The molecule has 6 heteroatoms. The van der Waals surface area contributed by atoms with Crippen molar-refractivity contribution in [1.82, 2.24) is 9.80 Å². The fourth-order valence-corrected chi connectivity index (χ4v) is 1.61. The molecule has 0 aliphatic rings. The molecule has 0 aromatic carbocycles. The number of nitrogens with zero attached hydrogens (tertiary/aromatic N) is 3. The summed E-state index contributed by atoms with van der Waals surface area (Å²) in [5.74, 6) is 1.22. The highest BCUT2D eigenvalue weighted by Crippen LogP contribution is 2.10. The first-order chi connectivity index (χ1) is 8.95. The van der Waals surface area contributed by atoms with Gasteiger partial charge in [0.05, 0.1) is 6.61 Å². The van der Waals surface area contributed by atoms with Crippen LogP contribution in [0.4, 0.5) is 0 Å². The number of rotatable bonds is 4. The first-order valence-corrected chi connectivity index (χ1v) is 6.10. The lowest BCUT2D eigenvalue weighted by Crippen LogP contribution is -2.35. The molecule has 0 spiro atoms. The highest BCUT2D eigenvalue weighted by atomic mass is 16.5. The second kappa shape index (κ2) is 6.82. The van der Waals surface area contributed by atoms with Gasteiger partial charge >= 0.3 is 5.97 Å². The minimum atomic E-state index is -0.446. The molecule has 1 aromatic rings. The van der Waals surface area contributed by atoms with E-state index in [4.69, 9.17) is 9.15 Å². The molecule has 106 valence electrons. The molecule has 0 N–H and O–H groups in total. The normalized spacial score (nSPS) is 9.95. The van der Waals surface area contributed by atoms with Gasteiger partial charge in [-0.05, 0) is 19.1 Å². The first kappa shape index (κ1) is 15.1. The van der Waals surface area contributed by atoms with E-state index in [2.05, 4.69) is 4.99 Å². The van der Waals surface area contributed by atoms with Crippen LogP contribution in [0.15, 0.2) is 21.5 Å². The molecular formula is C13H21N3O3. The molecule has 0 saturated heterocycles. The molecule has 0 fully saturated rings. The van der Waals surface area contributed by atoms with Crippen molar-refractivity contribution in [3.05, 3.63) is 23.7 Å². The summed E-state index contributed by atoms with van der Waals surface area (Å²) in [5.41, 5.74) is 0. The Hall–Kier alpha value is -1.98. The van der Waals surface area contributed by atoms with E-state index in [0.717, 1.165) is 5.96 Å². The van der Waals surface area contributed by atoms with Gasteiger partial charge in [-0.15, -0.1) is 0 Å². The number of hydrogen-bond donors (Lipinski definition) is 0. The second-order valence-corrected chi connectivity index (χ2v) is 4.39. The number of carbonyl (C=O) groups is 1. The summed E-state index contributed by atoms with van der Waals surface area (Å²) in [6.07, 6.45) is 0. The summed E-state index contributed by atoms with van der Waals surface area (Å²) in [7, 11) is 7.69. The van der Waals surface area contributed by atoms with Crippen LogP contribution in [0.25, 0.3) is 0 Å². The predicted molar refractivity (Wildman–Crippen MR) is 73.2 cm³/mol. The highest BCUT2D eigenvalue weighted by Gasteiger charge is 2.12. The predicted octanol–water partition coefficient (Wildman–Crippen LogP) is 1.44. The molecule has 1 aromatic heterocycles. The van der Waals surface area contributed by atoms with Crippen LogP contribution in [0.1, 0.15) is 23.2 Å². The SMILES string of the molecule is CCOC(=O)c1ccc(CN=C(N(C)C)N(C)C)o1. The number of hydrogen-bond acceptors (Lipinski definition) is 4. The quantitative estimate of drug-likeness (QED) is 0.469. The maximum Gasteiger partial charge on any atom is 0.374 e. The molecule has 0 aliphatic carbocycles. The van der Waals surface area contributed by atoms with Crippen LogP contribution in [0.2, 0.25) is 0 Å². The Morgan fingerprint density at radius 1 is 1.26 bits per heavy atom. The standard InChI is InChI=1S/C13H21N3O3/c1-6-18-12(17)11-8-7-10(19-11)9-14-13(15(2)3)16(4)5/h7-8H,6,9H2,1-5H3. The van der Waals surface area contributed by atoms with Crippen molar-refractivity contribution < 1.29 is 13.9 Å². The van der Waals surface area contributed by atoms with Gasteiger partial charge in [0.1, 0.15) is 12.3 Å². The van der Waals surface area contributed by atoms with Gasteiger partial charge < -0.3 is 19.0 Å². The summed E-state index contributed by atoms with van der Waals surface area (Å²) in [5, 5.41) is 0. The van der Waals surface area contributed by atoms with Crippen molar-refractivity contribution in [2.75, 3.05) is 34.8 Å². The summed E-state index contributed by atoms with van der Waals surface area (Å²) >= 11 is 0. The van der Waals surface area contributed by atoms with Crippen molar-refractivity contribution in [2.45, 2.75) is 13.5 Å². The minimum absolute atomic E-state index is 0.211. The maximum atomic E-state index is 11.4. The van der Waals surface area contributed by atoms with Gasteiger partial charge in [0.2, 0.25) is 5.76 Å². The molecular weight excluding hydrogens is 246 g/mol. The lowest BCUT2D eigenvalue weighted by Gasteiger charge is -2.22. The van der Waals surface area contributed by atoms with Crippen LogP contribution in [-0.2, 0) is 11.3 Å². The van der Waals surface area contributed by atoms with Gasteiger partial charge in [-0.25, -0.2) is 9.79 Å². The molecule has 19 heavy (non-hydrogen) atoms. The summed E-state index contributed by atoms with van der Waals surface area (Å²) in [4.78, 5) is 19.7. The zero-order valence-electron chi connectivity index (χ0n) is 12.1. The van der Waals surface area contributed by atoms with Crippen molar-refractivity contribution >= 4 is 11.9 Å². The Balaban J connectivity index is 2.73. The first-order valence-electron chi connectivity index (χ1n) is 6.10. The van der Waals surface area contributed by atoms with Crippen molar-refractivity contribution in [3.8, 4) is 0 Å². The van der Waals surface area contributed by atoms with Gasteiger partial charge in [0, 0.05) is 28.2 Å². The molecule has 6 nitrogen and oxygen atoms in total. The number of carbonyl (C=O) groups excluding carboxylic acids is 1. The molecule has 0 bridgehead atoms. The Morgan fingerprint density at radius 3 is 2.42 bits per heavy atom. The third-order valence-corrected chi connectivity index (χ3v) is 2.31. The Bertz CT molecular complexity index is 440. The van der Waals surface area contributed by atoms with Crippen LogP contribution in [-0.4, -0.2) is 56.5 Å². The van der Waals surface area contributed by atoms with Crippen LogP contribution >= 0.6 is 0 Å². The Morgan fingerprint density at radius 2 is 1.89 bits per heavy atom. The summed E-state index contributed by atoms with van der Waals surface area (Å²) in [6.45, 7) is 2.47. The van der Waals surface area contributed by atoms with Gasteiger partial charge in [0.15, 0.2) is 5.96 Å².